The number of rotatable bonds is 4. The first-order valence-corrected chi connectivity index (χ1v) is 4.62. The molecule has 0 aromatic carbocycles. The Morgan fingerprint density at radius 3 is 2.50 bits per heavy atom. The van der Waals surface area contributed by atoms with Gasteiger partial charge in [0.15, 0.2) is 0 Å². The maximum absolute atomic E-state index is 5.59. The van der Waals surface area contributed by atoms with Crippen LogP contribution >= 0.6 is 0 Å². The third-order valence-corrected chi connectivity index (χ3v) is 2.17. The Morgan fingerprint density at radius 2 is 2.00 bits per heavy atom. The van der Waals surface area contributed by atoms with Crippen molar-refractivity contribution in [3.8, 4) is 0 Å². The van der Waals surface area contributed by atoms with Gasteiger partial charge in [-0.15, -0.1) is 0 Å². The van der Waals surface area contributed by atoms with E-state index in [0.717, 1.165) is 32.5 Å². The highest BCUT2D eigenvalue weighted by Gasteiger charge is 2.19. The lowest BCUT2D eigenvalue weighted by atomic mass is 10.1. The normalized spacial score (nSPS) is 30.5. The van der Waals surface area contributed by atoms with E-state index in [1.165, 1.54) is 0 Å². The van der Waals surface area contributed by atoms with Gasteiger partial charge in [0, 0.05) is 12.6 Å². The molecule has 2 atom stereocenters. The van der Waals surface area contributed by atoms with Crippen LogP contribution in [0.1, 0.15) is 12.8 Å². The summed E-state index contributed by atoms with van der Waals surface area (Å²) in [5.41, 5.74) is 10.9. The molecular weight excluding hydrogens is 154 g/mol. The second-order valence-corrected chi connectivity index (χ2v) is 3.22. The van der Waals surface area contributed by atoms with Crippen LogP contribution in [0.15, 0.2) is 0 Å². The molecule has 1 aliphatic heterocycles. The lowest BCUT2D eigenvalue weighted by Crippen LogP contribution is -2.47. The van der Waals surface area contributed by atoms with Gasteiger partial charge in [0.1, 0.15) is 0 Å². The standard InChI is InChI=1S/C8H19N3O/c9-3-1-7-6-12-8(2-4-10)5-11-7/h7-8,11H,1-6,9-10H2. The molecule has 0 amide bonds. The van der Waals surface area contributed by atoms with Gasteiger partial charge in [-0.3, -0.25) is 0 Å². The zero-order valence-corrected chi connectivity index (χ0v) is 7.46. The SMILES string of the molecule is NCCC1COC(CCN)CN1. The van der Waals surface area contributed by atoms with Crippen molar-refractivity contribution in [2.75, 3.05) is 26.2 Å². The smallest absolute Gasteiger partial charge is 0.0712 e. The maximum atomic E-state index is 5.59. The number of nitrogens with two attached hydrogens (primary N) is 2. The molecule has 1 rings (SSSR count). The van der Waals surface area contributed by atoms with Gasteiger partial charge in [-0.25, -0.2) is 0 Å². The monoisotopic (exact) mass is 173 g/mol. The Hall–Kier alpha value is -0.160. The van der Waals surface area contributed by atoms with Gasteiger partial charge in [0.2, 0.25) is 0 Å². The number of nitrogens with one attached hydrogen (secondary N) is 1. The van der Waals surface area contributed by atoms with Crippen molar-refractivity contribution in [2.24, 2.45) is 11.5 Å². The molecule has 12 heavy (non-hydrogen) atoms. The number of hydrogen-bond donors (Lipinski definition) is 3. The van der Waals surface area contributed by atoms with Gasteiger partial charge in [-0.05, 0) is 25.9 Å². The molecule has 0 aliphatic carbocycles. The van der Waals surface area contributed by atoms with Crippen molar-refractivity contribution in [3.05, 3.63) is 0 Å². The molecule has 1 saturated heterocycles. The molecule has 2 unspecified atom stereocenters. The van der Waals surface area contributed by atoms with E-state index in [4.69, 9.17) is 16.2 Å². The third kappa shape index (κ3) is 3.06. The molecule has 0 saturated carbocycles. The molecule has 0 radical (unpaired) electrons. The highest BCUT2D eigenvalue weighted by molar-refractivity contribution is 4.76. The second kappa shape index (κ2) is 5.48. The van der Waals surface area contributed by atoms with Crippen LogP contribution in [0.3, 0.4) is 0 Å². The Balaban J connectivity index is 2.11. The van der Waals surface area contributed by atoms with E-state index in [-0.39, 0.29) is 0 Å². The second-order valence-electron chi connectivity index (χ2n) is 3.22. The molecule has 4 heteroatoms. The molecule has 72 valence electrons. The fourth-order valence-electron chi connectivity index (χ4n) is 1.43. The molecule has 0 aromatic heterocycles. The van der Waals surface area contributed by atoms with E-state index >= 15 is 0 Å². The van der Waals surface area contributed by atoms with Crippen LogP contribution in [0.25, 0.3) is 0 Å². The van der Waals surface area contributed by atoms with Crippen LogP contribution in [-0.4, -0.2) is 38.4 Å². The van der Waals surface area contributed by atoms with Gasteiger partial charge < -0.3 is 21.5 Å². The third-order valence-electron chi connectivity index (χ3n) is 2.17. The van der Waals surface area contributed by atoms with E-state index in [0.29, 0.717) is 18.7 Å². The van der Waals surface area contributed by atoms with Crippen molar-refractivity contribution in [1.29, 1.82) is 0 Å². The Bertz CT molecular complexity index is 98.9. The van der Waals surface area contributed by atoms with Crippen molar-refractivity contribution in [1.82, 2.24) is 5.32 Å². The van der Waals surface area contributed by atoms with Crippen molar-refractivity contribution >= 4 is 0 Å². The minimum Gasteiger partial charge on any atom is -0.375 e. The minimum absolute atomic E-state index is 0.309. The molecule has 1 fully saturated rings. The zero-order chi connectivity index (χ0) is 8.81. The largest absolute Gasteiger partial charge is 0.375 e. The first kappa shape index (κ1) is 9.92. The summed E-state index contributed by atoms with van der Waals surface area (Å²) in [6, 6.07) is 0.448. The van der Waals surface area contributed by atoms with E-state index in [1.807, 2.05) is 0 Å². The van der Waals surface area contributed by atoms with Crippen LogP contribution in [0, 0.1) is 0 Å². The number of hydrogen-bond acceptors (Lipinski definition) is 4. The van der Waals surface area contributed by atoms with E-state index in [1.54, 1.807) is 0 Å². The first-order chi connectivity index (χ1) is 5.86. The molecule has 0 aromatic rings. The number of ether oxygens (including phenoxy) is 1. The number of morpholine rings is 1. The predicted octanol–water partition coefficient (Wildman–Crippen LogP) is -0.959. The molecule has 5 N–H and O–H groups in total. The van der Waals surface area contributed by atoms with Crippen LogP contribution in [-0.2, 0) is 4.74 Å². The minimum atomic E-state index is 0.309. The first-order valence-electron chi connectivity index (χ1n) is 4.62. The Kier molecular flexibility index (Phi) is 4.53. The summed E-state index contributed by atoms with van der Waals surface area (Å²) in [7, 11) is 0. The average Bonchev–Trinajstić information content (AvgIpc) is 2.09. The topological polar surface area (TPSA) is 73.3 Å². The summed E-state index contributed by atoms with van der Waals surface area (Å²) in [5, 5.41) is 3.39. The molecule has 1 heterocycles. The molecular formula is C8H19N3O. The zero-order valence-electron chi connectivity index (χ0n) is 7.46. The predicted molar refractivity (Wildman–Crippen MR) is 48.9 cm³/mol. The summed E-state index contributed by atoms with van der Waals surface area (Å²) >= 11 is 0. The average molecular weight is 173 g/mol. The fraction of sp³-hybridized carbons (Fsp3) is 1.00. The Morgan fingerprint density at radius 1 is 1.25 bits per heavy atom. The van der Waals surface area contributed by atoms with E-state index < -0.39 is 0 Å². The molecule has 1 aliphatic rings. The van der Waals surface area contributed by atoms with Crippen LogP contribution in [0.4, 0.5) is 0 Å². The summed E-state index contributed by atoms with van der Waals surface area (Å²) < 4.78 is 5.59. The van der Waals surface area contributed by atoms with Gasteiger partial charge in [-0.1, -0.05) is 0 Å². The quantitative estimate of drug-likeness (QED) is 0.512. The van der Waals surface area contributed by atoms with Crippen LogP contribution < -0.4 is 16.8 Å². The van der Waals surface area contributed by atoms with Gasteiger partial charge in [-0.2, -0.15) is 0 Å². The van der Waals surface area contributed by atoms with Gasteiger partial charge in [0.25, 0.3) is 0 Å². The summed E-state index contributed by atoms with van der Waals surface area (Å²) in [6.45, 7) is 3.13. The van der Waals surface area contributed by atoms with Crippen molar-refractivity contribution < 1.29 is 4.74 Å². The summed E-state index contributed by atoms with van der Waals surface area (Å²) in [6.07, 6.45) is 2.25. The van der Waals surface area contributed by atoms with E-state index in [2.05, 4.69) is 5.32 Å². The van der Waals surface area contributed by atoms with Crippen LogP contribution in [0.2, 0.25) is 0 Å². The molecule has 4 nitrogen and oxygen atoms in total. The summed E-state index contributed by atoms with van der Waals surface area (Å²) in [5.74, 6) is 0. The van der Waals surface area contributed by atoms with E-state index in [9.17, 15) is 0 Å². The Labute approximate surface area is 73.6 Å². The van der Waals surface area contributed by atoms with Gasteiger partial charge in [0.05, 0.1) is 12.7 Å². The van der Waals surface area contributed by atoms with Crippen molar-refractivity contribution in [3.63, 3.8) is 0 Å². The maximum Gasteiger partial charge on any atom is 0.0712 e. The highest BCUT2D eigenvalue weighted by Crippen LogP contribution is 2.05. The molecule has 0 spiro atoms. The van der Waals surface area contributed by atoms with Gasteiger partial charge >= 0.3 is 0 Å². The highest BCUT2D eigenvalue weighted by atomic mass is 16.5. The van der Waals surface area contributed by atoms with Crippen LogP contribution in [0.5, 0.6) is 0 Å². The van der Waals surface area contributed by atoms with Crippen molar-refractivity contribution in [2.45, 2.75) is 25.0 Å². The fourth-order valence-corrected chi connectivity index (χ4v) is 1.43. The summed E-state index contributed by atoms with van der Waals surface area (Å²) in [4.78, 5) is 0. The lowest BCUT2D eigenvalue weighted by molar-refractivity contribution is 0.000147. The lowest BCUT2D eigenvalue weighted by Gasteiger charge is -2.29. The molecule has 0 bridgehead atoms.